The Labute approximate surface area is 131 Å². The van der Waals surface area contributed by atoms with Gasteiger partial charge in [-0.25, -0.2) is 4.98 Å². The van der Waals surface area contributed by atoms with Gasteiger partial charge in [0.05, 0.1) is 5.52 Å². The Balaban J connectivity index is 1.93. The summed E-state index contributed by atoms with van der Waals surface area (Å²) >= 11 is 0. The Kier molecular flexibility index (Phi) is 4.73. The van der Waals surface area contributed by atoms with E-state index in [1.165, 1.54) is 12.8 Å². The lowest BCUT2D eigenvalue weighted by Gasteiger charge is -2.31. The second kappa shape index (κ2) is 6.92. The zero-order valence-corrected chi connectivity index (χ0v) is 13.1. The molecule has 0 spiro atoms. The van der Waals surface area contributed by atoms with E-state index < -0.39 is 0 Å². The normalized spacial score (nSPS) is 18.6. The van der Waals surface area contributed by atoms with Crippen molar-refractivity contribution in [2.24, 2.45) is 5.92 Å². The molecular weight excluding hydrogens is 276 g/mol. The predicted octanol–water partition coefficient (Wildman–Crippen LogP) is 2.66. The van der Waals surface area contributed by atoms with E-state index in [0.29, 0.717) is 18.9 Å². The molecular formula is C17H24N4O. The minimum atomic E-state index is 0.187. The highest BCUT2D eigenvalue weighted by molar-refractivity contribution is 5.90. The van der Waals surface area contributed by atoms with Crippen LogP contribution in [0.3, 0.4) is 0 Å². The molecule has 2 aromatic rings. The third-order valence-electron chi connectivity index (χ3n) is 4.16. The molecule has 0 radical (unpaired) electrons. The zero-order valence-electron chi connectivity index (χ0n) is 13.1. The van der Waals surface area contributed by atoms with Crippen molar-refractivity contribution in [1.29, 1.82) is 0 Å². The minimum absolute atomic E-state index is 0.187. The summed E-state index contributed by atoms with van der Waals surface area (Å²) in [6.45, 7) is 5.24. The molecule has 0 unspecified atom stereocenters. The van der Waals surface area contributed by atoms with Crippen LogP contribution in [0, 0.1) is 5.92 Å². The number of aliphatic hydroxyl groups excluding tert-OH is 1. The number of rotatable bonds is 5. The molecule has 1 fully saturated rings. The van der Waals surface area contributed by atoms with Gasteiger partial charge in [-0.2, -0.15) is 4.98 Å². The van der Waals surface area contributed by atoms with Gasteiger partial charge in [0.1, 0.15) is 5.82 Å². The Bertz CT molecular complexity index is 631. The second-order valence-electron chi connectivity index (χ2n) is 6.09. The smallest absolute Gasteiger partial charge is 0.227 e. The van der Waals surface area contributed by atoms with Crippen LogP contribution in [0.4, 0.5) is 11.8 Å². The number of para-hydroxylation sites is 1. The minimum Gasteiger partial charge on any atom is -0.396 e. The quantitative estimate of drug-likeness (QED) is 0.831. The van der Waals surface area contributed by atoms with Crippen molar-refractivity contribution in [3.8, 4) is 0 Å². The molecule has 1 aliphatic heterocycles. The van der Waals surface area contributed by atoms with Gasteiger partial charge in [0.15, 0.2) is 0 Å². The molecule has 0 aliphatic carbocycles. The van der Waals surface area contributed by atoms with Crippen LogP contribution in [0.25, 0.3) is 10.9 Å². The van der Waals surface area contributed by atoms with Crippen LogP contribution in [0.5, 0.6) is 0 Å². The first kappa shape index (κ1) is 15.0. The summed E-state index contributed by atoms with van der Waals surface area (Å²) in [5.74, 6) is 2.37. The molecule has 1 aromatic heterocycles. The second-order valence-corrected chi connectivity index (χ2v) is 6.09. The molecule has 3 rings (SSSR count). The van der Waals surface area contributed by atoms with Crippen molar-refractivity contribution < 1.29 is 5.11 Å². The van der Waals surface area contributed by atoms with Crippen molar-refractivity contribution in [2.45, 2.75) is 26.2 Å². The summed E-state index contributed by atoms with van der Waals surface area (Å²) in [6.07, 6.45) is 3.20. The maximum absolute atomic E-state index is 8.96. The molecule has 1 aromatic carbocycles. The summed E-state index contributed by atoms with van der Waals surface area (Å²) < 4.78 is 0. The van der Waals surface area contributed by atoms with Crippen molar-refractivity contribution in [3.63, 3.8) is 0 Å². The molecule has 0 bridgehead atoms. The van der Waals surface area contributed by atoms with Crippen molar-refractivity contribution in [1.82, 2.24) is 9.97 Å². The standard InChI is InChI=1S/C17H24N4O/c1-13-6-4-10-21(12-13)17-19-15-8-3-2-7-14(15)16(20-17)18-9-5-11-22/h2-3,7-8,13,22H,4-6,9-12H2,1H3,(H,18,19,20)/t13-/m1/s1. The summed E-state index contributed by atoms with van der Waals surface area (Å²) in [5, 5.41) is 13.3. The van der Waals surface area contributed by atoms with Crippen LogP contribution < -0.4 is 10.2 Å². The van der Waals surface area contributed by atoms with Gasteiger partial charge in [0, 0.05) is 31.6 Å². The molecule has 1 atom stereocenters. The molecule has 1 aliphatic rings. The van der Waals surface area contributed by atoms with E-state index in [9.17, 15) is 0 Å². The van der Waals surface area contributed by atoms with Crippen LogP contribution in [-0.4, -0.2) is 41.3 Å². The highest BCUT2D eigenvalue weighted by Gasteiger charge is 2.20. The lowest BCUT2D eigenvalue weighted by molar-refractivity contribution is 0.292. The number of fused-ring (bicyclic) bond motifs is 1. The van der Waals surface area contributed by atoms with E-state index in [1.807, 2.05) is 24.3 Å². The average Bonchev–Trinajstić information content (AvgIpc) is 2.55. The molecule has 2 heterocycles. The highest BCUT2D eigenvalue weighted by Crippen LogP contribution is 2.26. The Morgan fingerprint density at radius 1 is 1.32 bits per heavy atom. The van der Waals surface area contributed by atoms with Crippen LogP contribution in [-0.2, 0) is 0 Å². The number of aromatic nitrogens is 2. The third kappa shape index (κ3) is 3.30. The average molecular weight is 300 g/mol. The third-order valence-corrected chi connectivity index (χ3v) is 4.16. The molecule has 22 heavy (non-hydrogen) atoms. The van der Waals surface area contributed by atoms with Gasteiger partial charge < -0.3 is 15.3 Å². The molecule has 5 nitrogen and oxygen atoms in total. The van der Waals surface area contributed by atoms with Crippen LogP contribution in [0.15, 0.2) is 24.3 Å². The number of hydrogen-bond acceptors (Lipinski definition) is 5. The van der Waals surface area contributed by atoms with Crippen LogP contribution in [0.2, 0.25) is 0 Å². The van der Waals surface area contributed by atoms with Crippen LogP contribution in [0.1, 0.15) is 26.2 Å². The van der Waals surface area contributed by atoms with Gasteiger partial charge in [-0.3, -0.25) is 0 Å². The monoisotopic (exact) mass is 300 g/mol. The fourth-order valence-corrected chi connectivity index (χ4v) is 3.00. The largest absolute Gasteiger partial charge is 0.396 e. The van der Waals surface area contributed by atoms with Crippen molar-refractivity contribution in [3.05, 3.63) is 24.3 Å². The Hall–Kier alpha value is -1.88. The highest BCUT2D eigenvalue weighted by atomic mass is 16.3. The van der Waals surface area contributed by atoms with E-state index >= 15 is 0 Å². The Morgan fingerprint density at radius 2 is 2.18 bits per heavy atom. The first-order valence-corrected chi connectivity index (χ1v) is 8.14. The molecule has 2 N–H and O–H groups in total. The molecule has 118 valence electrons. The zero-order chi connectivity index (χ0) is 15.4. The van der Waals surface area contributed by atoms with Gasteiger partial charge in [-0.15, -0.1) is 0 Å². The van der Waals surface area contributed by atoms with Gasteiger partial charge in [-0.05, 0) is 37.3 Å². The van der Waals surface area contributed by atoms with Gasteiger partial charge in [-0.1, -0.05) is 19.1 Å². The number of benzene rings is 1. The topological polar surface area (TPSA) is 61.3 Å². The van der Waals surface area contributed by atoms with Gasteiger partial charge in [0.2, 0.25) is 5.95 Å². The van der Waals surface area contributed by atoms with Gasteiger partial charge in [0.25, 0.3) is 0 Å². The number of hydrogen-bond donors (Lipinski definition) is 2. The fraction of sp³-hybridized carbons (Fsp3) is 0.529. The number of anilines is 2. The lowest BCUT2D eigenvalue weighted by atomic mass is 10.0. The van der Waals surface area contributed by atoms with E-state index in [0.717, 1.165) is 35.8 Å². The summed E-state index contributed by atoms with van der Waals surface area (Å²) in [4.78, 5) is 11.8. The Morgan fingerprint density at radius 3 is 3.00 bits per heavy atom. The maximum atomic E-state index is 8.96. The van der Waals surface area contributed by atoms with E-state index in [4.69, 9.17) is 15.1 Å². The summed E-state index contributed by atoms with van der Waals surface area (Å²) in [6, 6.07) is 8.09. The fourth-order valence-electron chi connectivity index (χ4n) is 3.00. The lowest BCUT2D eigenvalue weighted by Crippen LogP contribution is -2.35. The van der Waals surface area contributed by atoms with Gasteiger partial charge >= 0.3 is 0 Å². The first-order chi connectivity index (χ1) is 10.8. The number of piperidine rings is 1. The van der Waals surface area contributed by atoms with Crippen molar-refractivity contribution in [2.75, 3.05) is 36.5 Å². The molecule has 5 heteroatoms. The number of nitrogens with one attached hydrogen (secondary N) is 1. The van der Waals surface area contributed by atoms with E-state index in [2.05, 4.69) is 17.1 Å². The van der Waals surface area contributed by atoms with E-state index in [-0.39, 0.29) is 6.61 Å². The first-order valence-electron chi connectivity index (χ1n) is 8.14. The summed E-state index contributed by atoms with van der Waals surface area (Å²) in [7, 11) is 0. The maximum Gasteiger partial charge on any atom is 0.227 e. The SMILES string of the molecule is C[C@@H]1CCCN(c2nc(NCCCO)c3ccccc3n2)C1. The summed E-state index contributed by atoms with van der Waals surface area (Å²) in [5.41, 5.74) is 0.970. The molecule has 1 saturated heterocycles. The van der Waals surface area contributed by atoms with E-state index in [1.54, 1.807) is 0 Å². The van der Waals surface area contributed by atoms with Crippen LogP contribution >= 0.6 is 0 Å². The number of nitrogens with zero attached hydrogens (tertiary/aromatic N) is 3. The predicted molar refractivity (Wildman–Crippen MR) is 90.3 cm³/mol. The molecule has 0 amide bonds. The molecule has 0 saturated carbocycles. The van der Waals surface area contributed by atoms with Crippen molar-refractivity contribution >= 4 is 22.7 Å². The number of aliphatic hydroxyl groups is 1.